The van der Waals surface area contributed by atoms with Crippen molar-refractivity contribution in [2.24, 2.45) is 11.8 Å². The lowest BCUT2D eigenvalue weighted by molar-refractivity contribution is 0.248. The summed E-state index contributed by atoms with van der Waals surface area (Å²) in [6, 6.07) is 3.68. The van der Waals surface area contributed by atoms with Crippen LogP contribution in [-0.2, 0) is 6.42 Å². The summed E-state index contributed by atoms with van der Waals surface area (Å²) in [7, 11) is 0. The predicted octanol–water partition coefficient (Wildman–Crippen LogP) is 4.24. The van der Waals surface area contributed by atoms with E-state index >= 15 is 0 Å². The zero-order valence-corrected chi connectivity index (χ0v) is 12.2. The highest BCUT2D eigenvalue weighted by Gasteiger charge is 2.34. The van der Waals surface area contributed by atoms with Gasteiger partial charge in [0.05, 0.1) is 0 Å². The van der Waals surface area contributed by atoms with Crippen molar-refractivity contribution in [3.63, 3.8) is 0 Å². The Morgan fingerprint density at radius 2 is 2.17 bits per heavy atom. The molecule has 1 N–H and O–H groups in total. The van der Waals surface area contributed by atoms with Crippen LogP contribution in [0.1, 0.15) is 51.0 Å². The van der Waals surface area contributed by atoms with E-state index in [0.717, 1.165) is 17.9 Å². The molecule has 0 saturated heterocycles. The van der Waals surface area contributed by atoms with Crippen molar-refractivity contribution < 1.29 is 0 Å². The Labute approximate surface area is 115 Å². The van der Waals surface area contributed by atoms with Gasteiger partial charge in [-0.15, -0.1) is 0 Å². The van der Waals surface area contributed by atoms with E-state index in [1.54, 1.807) is 0 Å². The van der Waals surface area contributed by atoms with Crippen LogP contribution in [0.15, 0.2) is 16.8 Å². The summed E-state index contributed by atoms with van der Waals surface area (Å²) in [6.45, 7) is 2.35. The highest BCUT2D eigenvalue weighted by atomic mass is 32.1. The van der Waals surface area contributed by atoms with Crippen LogP contribution in [0, 0.1) is 11.8 Å². The molecule has 0 amide bonds. The van der Waals surface area contributed by atoms with Gasteiger partial charge in [0.15, 0.2) is 0 Å². The van der Waals surface area contributed by atoms with Gasteiger partial charge in [-0.05, 0) is 73.3 Å². The van der Waals surface area contributed by atoms with Gasteiger partial charge in [-0.3, -0.25) is 0 Å². The minimum Gasteiger partial charge on any atom is -0.311 e. The number of thiophene rings is 1. The first-order valence-corrected chi connectivity index (χ1v) is 8.52. The van der Waals surface area contributed by atoms with Crippen molar-refractivity contribution >= 4 is 11.3 Å². The number of rotatable bonds is 5. The standard InChI is InChI=1S/C16H25NS/c1-12(9-13-7-8-18-11-13)17-16-4-2-3-15(10-16)14-5-6-14/h7-8,11-12,14-17H,2-6,9-10H2,1H3. The Kier molecular flexibility index (Phi) is 4.05. The molecule has 3 rings (SSSR count). The molecule has 1 heterocycles. The van der Waals surface area contributed by atoms with Crippen LogP contribution in [0.4, 0.5) is 0 Å². The van der Waals surface area contributed by atoms with Crippen molar-refractivity contribution in [1.29, 1.82) is 0 Å². The Morgan fingerprint density at radius 1 is 1.28 bits per heavy atom. The fourth-order valence-corrected chi connectivity index (χ4v) is 4.28. The van der Waals surface area contributed by atoms with Gasteiger partial charge in [-0.1, -0.05) is 12.8 Å². The number of nitrogens with one attached hydrogen (secondary N) is 1. The monoisotopic (exact) mass is 263 g/mol. The lowest BCUT2D eigenvalue weighted by atomic mass is 9.82. The normalized spacial score (nSPS) is 30.3. The maximum atomic E-state index is 3.87. The molecular formula is C16H25NS. The molecule has 0 radical (unpaired) electrons. The van der Waals surface area contributed by atoms with Crippen molar-refractivity contribution in [3.05, 3.63) is 22.4 Å². The molecule has 0 bridgehead atoms. The lowest BCUT2D eigenvalue weighted by Crippen LogP contribution is -2.41. The van der Waals surface area contributed by atoms with Crippen molar-refractivity contribution in [1.82, 2.24) is 5.32 Å². The molecule has 0 aliphatic heterocycles. The Morgan fingerprint density at radius 3 is 2.89 bits per heavy atom. The van der Waals surface area contributed by atoms with Crippen LogP contribution in [0.25, 0.3) is 0 Å². The first kappa shape index (κ1) is 12.7. The molecule has 3 unspecified atom stereocenters. The molecule has 2 aliphatic rings. The molecule has 3 atom stereocenters. The molecular weight excluding hydrogens is 238 g/mol. The topological polar surface area (TPSA) is 12.0 Å². The third-order valence-corrected chi connectivity index (χ3v) is 5.38. The molecule has 2 saturated carbocycles. The smallest absolute Gasteiger partial charge is 0.00820 e. The second kappa shape index (κ2) is 5.75. The minimum atomic E-state index is 0.627. The highest BCUT2D eigenvalue weighted by Crippen LogP contribution is 2.43. The molecule has 1 nitrogen and oxygen atoms in total. The van der Waals surface area contributed by atoms with Crippen LogP contribution in [0.2, 0.25) is 0 Å². The Balaban J connectivity index is 1.46. The average Bonchev–Trinajstić information content (AvgIpc) is 3.09. The molecule has 1 aromatic heterocycles. The third kappa shape index (κ3) is 3.36. The zero-order valence-electron chi connectivity index (χ0n) is 11.4. The molecule has 2 heteroatoms. The van der Waals surface area contributed by atoms with Crippen LogP contribution >= 0.6 is 11.3 Å². The van der Waals surface area contributed by atoms with Crippen molar-refractivity contribution in [3.8, 4) is 0 Å². The summed E-state index contributed by atoms with van der Waals surface area (Å²) in [5, 5.41) is 8.34. The van der Waals surface area contributed by atoms with E-state index in [1.165, 1.54) is 50.5 Å². The maximum Gasteiger partial charge on any atom is 0.00820 e. The van der Waals surface area contributed by atoms with E-state index in [0.29, 0.717) is 6.04 Å². The summed E-state index contributed by atoms with van der Waals surface area (Å²) in [5.74, 6) is 2.14. The average molecular weight is 263 g/mol. The van der Waals surface area contributed by atoms with Gasteiger partial charge in [0, 0.05) is 12.1 Å². The SMILES string of the molecule is CC(Cc1ccsc1)NC1CCCC(C2CC2)C1. The summed E-state index contributed by atoms with van der Waals surface area (Å²) >= 11 is 1.81. The largest absolute Gasteiger partial charge is 0.311 e. The van der Waals surface area contributed by atoms with Gasteiger partial charge in [0.25, 0.3) is 0 Å². The van der Waals surface area contributed by atoms with Crippen LogP contribution in [0.5, 0.6) is 0 Å². The van der Waals surface area contributed by atoms with E-state index in [2.05, 4.69) is 29.1 Å². The van der Waals surface area contributed by atoms with Gasteiger partial charge >= 0.3 is 0 Å². The summed E-state index contributed by atoms with van der Waals surface area (Å²) in [6.07, 6.45) is 10.0. The molecule has 0 aromatic carbocycles. The Hall–Kier alpha value is -0.340. The fourth-order valence-electron chi connectivity index (χ4n) is 3.60. The summed E-state index contributed by atoms with van der Waals surface area (Å²) in [4.78, 5) is 0. The first-order valence-electron chi connectivity index (χ1n) is 7.58. The molecule has 2 fully saturated rings. The number of hydrogen-bond donors (Lipinski definition) is 1. The van der Waals surface area contributed by atoms with Gasteiger partial charge in [-0.25, -0.2) is 0 Å². The van der Waals surface area contributed by atoms with Crippen molar-refractivity contribution in [2.75, 3.05) is 0 Å². The fraction of sp³-hybridized carbons (Fsp3) is 0.750. The Bertz CT molecular complexity index is 355. The van der Waals surface area contributed by atoms with E-state index in [1.807, 2.05) is 11.3 Å². The molecule has 18 heavy (non-hydrogen) atoms. The quantitative estimate of drug-likeness (QED) is 0.838. The maximum absolute atomic E-state index is 3.87. The van der Waals surface area contributed by atoms with Gasteiger partial charge in [0.2, 0.25) is 0 Å². The van der Waals surface area contributed by atoms with E-state index in [-0.39, 0.29) is 0 Å². The second-order valence-corrected chi connectivity index (χ2v) is 7.14. The van der Waals surface area contributed by atoms with Crippen LogP contribution in [0.3, 0.4) is 0 Å². The zero-order chi connectivity index (χ0) is 12.4. The van der Waals surface area contributed by atoms with E-state index in [9.17, 15) is 0 Å². The highest BCUT2D eigenvalue weighted by molar-refractivity contribution is 7.07. The lowest BCUT2D eigenvalue weighted by Gasteiger charge is -2.32. The van der Waals surface area contributed by atoms with E-state index < -0.39 is 0 Å². The number of hydrogen-bond acceptors (Lipinski definition) is 2. The third-order valence-electron chi connectivity index (χ3n) is 4.65. The van der Waals surface area contributed by atoms with E-state index in [4.69, 9.17) is 0 Å². The molecule has 100 valence electrons. The van der Waals surface area contributed by atoms with Crippen LogP contribution < -0.4 is 5.32 Å². The first-order chi connectivity index (χ1) is 8.81. The summed E-state index contributed by atoms with van der Waals surface area (Å²) in [5.41, 5.74) is 1.49. The van der Waals surface area contributed by atoms with Gasteiger partial charge < -0.3 is 5.32 Å². The predicted molar refractivity (Wildman–Crippen MR) is 79.1 cm³/mol. The molecule has 2 aliphatic carbocycles. The molecule has 0 spiro atoms. The van der Waals surface area contributed by atoms with Crippen molar-refractivity contribution in [2.45, 2.75) is 64.0 Å². The minimum absolute atomic E-state index is 0.627. The van der Waals surface area contributed by atoms with Crippen LogP contribution in [-0.4, -0.2) is 12.1 Å². The van der Waals surface area contributed by atoms with Gasteiger partial charge in [-0.2, -0.15) is 11.3 Å². The molecule has 1 aromatic rings. The van der Waals surface area contributed by atoms with Gasteiger partial charge in [0.1, 0.15) is 0 Å². The second-order valence-electron chi connectivity index (χ2n) is 6.36. The summed E-state index contributed by atoms with van der Waals surface area (Å²) < 4.78 is 0.